The van der Waals surface area contributed by atoms with E-state index in [1.165, 1.54) is 6.33 Å². The van der Waals surface area contributed by atoms with Gasteiger partial charge in [0, 0.05) is 6.54 Å². The van der Waals surface area contributed by atoms with Crippen LogP contribution in [-0.4, -0.2) is 47.5 Å². The van der Waals surface area contributed by atoms with Crippen LogP contribution in [0.15, 0.2) is 24.5 Å². The zero-order chi connectivity index (χ0) is 15.4. The van der Waals surface area contributed by atoms with Crippen molar-refractivity contribution in [2.24, 2.45) is 5.92 Å². The van der Waals surface area contributed by atoms with Gasteiger partial charge in [0.15, 0.2) is 17.8 Å². The Morgan fingerprint density at radius 2 is 2.14 bits per heavy atom. The third-order valence-corrected chi connectivity index (χ3v) is 4.14. The number of aromatic nitrogens is 4. The number of nitrogens with zero attached hydrogens (tertiary/aromatic N) is 4. The van der Waals surface area contributed by atoms with E-state index in [0.29, 0.717) is 11.7 Å². The predicted molar refractivity (Wildman–Crippen MR) is 81.1 cm³/mol. The highest BCUT2D eigenvalue weighted by Gasteiger charge is 2.29. The summed E-state index contributed by atoms with van der Waals surface area (Å²) in [7, 11) is 3.28. The Morgan fingerprint density at radius 1 is 1.27 bits per heavy atom. The minimum Gasteiger partial charge on any atom is -0.493 e. The Morgan fingerprint density at radius 3 is 2.77 bits per heavy atom. The molecule has 1 saturated heterocycles. The molecular weight excluding hydrogens is 282 g/mol. The van der Waals surface area contributed by atoms with Crippen molar-refractivity contribution in [3.63, 3.8) is 0 Å². The molecule has 1 fully saturated rings. The molecule has 1 aromatic carbocycles. The Hall–Kier alpha value is -2.15. The van der Waals surface area contributed by atoms with Crippen LogP contribution in [-0.2, 0) is 0 Å². The van der Waals surface area contributed by atoms with Crippen LogP contribution in [0.25, 0.3) is 0 Å². The number of piperidine rings is 1. The van der Waals surface area contributed by atoms with Gasteiger partial charge in [0.05, 0.1) is 14.2 Å². The van der Waals surface area contributed by atoms with Crippen molar-refractivity contribution in [1.82, 2.24) is 25.5 Å². The molecule has 0 aliphatic carbocycles. The first-order valence-electron chi connectivity index (χ1n) is 7.48. The Kier molecular flexibility index (Phi) is 4.53. The minimum atomic E-state index is 0.0371. The molecule has 0 spiro atoms. The van der Waals surface area contributed by atoms with Gasteiger partial charge in [-0.25, -0.2) is 0 Å². The molecule has 2 heterocycles. The van der Waals surface area contributed by atoms with E-state index in [1.54, 1.807) is 19.0 Å². The van der Waals surface area contributed by atoms with E-state index >= 15 is 0 Å². The number of rotatable bonds is 5. The number of tetrazole rings is 1. The maximum atomic E-state index is 5.43. The van der Waals surface area contributed by atoms with Crippen LogP contribution in [0.5, 0.6) is 11.5 Å². The van der Waals surface area contributed by atoms with Crippen LogP contribution in [0.2, 0.25) is 0 Å². The first-order valence-corrected chi connectivity index (χ1v) is 7.48. The van der Waals surface area contributed by atoms with E-state index in [9.17, 15) is 0 Å². The molecular formula is C15H21N5O2. The third-order valence-electron chi connectivity index (χ3n) is 4.14. The average Bonchev–Trinajstić information content (AvgIpc) is 3.10. The van der Waals surface area contributed by atoms with E-state index in [-0.39, 0.29) is 6.04 Å². The molecule has 118 valence electrons. The molecule has 2 atom stereocenters. The van der Waals surface area contributed by atoms with E-state index in [2.05, 4.69) is 20.7 Å². The van der Waals surface area contributed by atoms with Crippen molar-refractivity contribution in [2.45, 2.75) is 18.9 Å². The standard InChI is InChI=1S/C15H21N5O2/c1-21-13-6-5-11(8-14(13)22-2)15(20-18-10-17-19-20)12-4-3-7-16-9-12/h5-6,8,10,12,15-16H,3-4,7,9H2,1-2H3/t12-,15?/m0/s1. The number of ether oxygens (including phenoxy) is 2. The summed E-state index contributed by atoms with van der Waals surface area (Å²) >= 11 is 0. The molecule has 0 bridgehead atoms. The summed E-state index contributed by atoms with van der Waals surface area (Å²) < 4.78 is 10.7. The van der Waals surface area contributed by atoms with E-state index < -0.39 is 0 Å². The summed E-state index contributed by atoms with van der Waals surface area (Å²) in [6, 6.07) is 6.01. The topological polar surface area (TPSA) is 74.1 Å². The van der Waals surface area contributed by atoms with Crippen LogP contribution >= 0.6 is 0 Å². The summed E-state index contributed by atoms with van der Waals surface area (Å²) in [5, 5.41) is 15.7. The molecule has 7 nitrogen and oxygen atoms in total. The van der Waals surface area contributed by atoms with Crippen LogP contribution in [0, 0.1) is 5.92 Å². The average molecular weight is 303 g/mol. The summed E-state index contributed by atoms with van der Waals surface area (Å²) in [6.45, 7) is 2.01. The van der Waals surface area contributed by atoms with Gasteiger partial charge in [0.2, 0.25) is 0 Å². The normalized spacial score (nSPS) is 19.6. The number of hydrogen-bond donors (Lipinski definition) is 1. The highest BCUT2D eigenvalue weighted by atomic mass is 16.5. The monoisotopic (exact) mass is 303 g/mol. The van der Waals surface area contributed by atoms with Crippen molar-refractivity contribution >= 4 is 0 Å². The Balaban J connectivity index is 1.98. The van der Waals surface area contributed by atoms with Gasteiger partial charge in [-0.1, -0.05) is 6.07 Å². The first kappa shape index (κ1) is 14.8. The molecule has 1 unspecified atom stereocenters. The maximum absolute atomic E-state index is 5.43. The quantitative estimate of drug-likeness (QED) is 0.897. The first-order chi connectivity index (χ1) is 10.8. The molecule has 0 radical (unpaired) electrons. The second-order valence-corrected chi connectivity index (χ2v) is 5.42. The summed E-state index contributed by atoms with van der Waals surface area (Å²) in [6.07, 6.45) is 3.76. The van der Waals surface area contributed by atoms with E-state index in [0.717, 1.165) is 37.2 Å². The fourth-order valence-electron chi connectivity index (χ4n) is 3.08. The Bertz CT molecular complexity index is 596. The summed E-state index contributed by atoms with van der Waals surface area (Å²) in [5.41, 5.74) is 1.10. The minimum absolute atomic E-state index is 0.0371. The lowest BCUT2D eigenvalue weighted by atomic mass is 9.87. The lowest BCUT2D eigenvalue weighted by molar-refractivity contribution is 0.260. The Labute approximate surface area is 129 Å². The highest BCUT2D eigenvalue weighted by Crippen LogP contribution is 2.35. The van der Waals surface area contributed by atoms with Gasteiger partial charge >= 0.3 is 0 Å². The molecule has 1 aliphatic heterocycles. The van der Waals surface area contributed by atoms with Crippen LogP contribution < -0.4 is 14.8 Å². The van der Waals surface area contributed by atoms with Gasteiger partial charge in [-0.15, -0.1) is 10.2 Å². The van der Waals surface area contributed by atoms with Gasteiger partial charge in [0.1, 0.15) is 6.04 Å². The van der Waals surface area contributed by atoms with Crippen molar-refractivity contribution in [2.75, 3.05) is 27.3 Å². The molecule has 1 aromatic heterocycles. The lowest BCUT2D eigenvalue weighted by Gasteiger charge is -2.30. The fraction of sp³-hybridized carbons (Fsp3) is 0.533. The lowest BCUT2D eigenvalue weighted by Crippen LogP contribution is -2.36. The largest absolute Gasteiger partial charge is 0.493 e. The molecule has 2 aromatic rings. The molecule has 1 aliphatic rings. The molecule has 1 N–H and O–H groups in total. The van der Waals surface area contributed by atoms with Gasteiger partial charge < -0.3 is 14.8 Å². The summed E-state index contributed by atoms with van der Waals surface area (Å²) in [4.78, 5) is 1.69. The second-order valence-electron chi connectivity index (χ2n) is 5.42. The molecule has 3 rings (SSSR count). The van der Waals surface area contributed by atoms with E-state index in [1.807, 2.05) is 18.2 Å². The van der Waals surface area contributed by atoms with Crippen LogP contribution in [0.3, 0.4) is 0 Å². The number of benzene rings is 1. The van der Waals surface area contributed by atoms with E-state index in [4.69, 9.17) is 9.47 Å². The number of methoxy groups -OCH3 is 2. The van der Waals surface area contributed by atoms with Gasteiger partial charge in [0.25, 0.3) is 0 Å². The second kappa shape index (κ2) is 6.74. The summed E-state index contributed by atoms with van der Waals surface area (Å²) in [5.74, 6) is 1.85. The van der Waals surface area contributed by atoms with Crippen molar-refractivity contribution in [3.8, 4) is 11.5 Å². The molecule has 22 heavy (non-hydrogen) atoms. The fourth-order valence-corrected chi connectivity index (χ4v) is 3.08. The third kappa shape index (κ3) is 2.89. The van der Waals surface area contributed by atoms with Gasteiger partial charge in [-0.3, -0.25) is 0 Å². The van der Waals surface area contributed by atoms with Crippen LogP contribution in [0.4, 0.5) is 0 Å². The highest BCUT2D eigenvalue weighted by molar-refractivity contribution is 5.44. The molecule has 7 heteroatoms. The van der Waals surface area contributed by atoms with Crippen molar-refractivity contribution in [1.29, 1.82) is 0 Å². The predicted octanol–water partition coefficient (Wildman–Crippen LogP) is 1.28. The zero-order valence-corrected chi connectivity index (χ0v) is 12.9. The molecule has 0 saturated carbocycles. The van der Waals surface area contributed by atoms with Crippen molar-refractivity contribution < 1.29 is 9.47 Å². The van der Waals surface area contributed by atoms with Crippen LogP contribution in [0.1, 0.15) is 24.4 Å². The number of nitrogens with one attached hydrogen (secondary N) is 1. The SMILES string of the molecule is COc1ccc(C([C@H]2CCCNC2)n2ncnn2)cc1OC. The zero-order valence-electron chi connectivity index (χ0n) is 12.9. The van der Waals surface area contributed by atoms with Gasteiger partial charge in [-0.2, -0.15) is 4.80 Å². The maximum Gasteiger partial charge on any atom is 0.162 e. The molecule has 0 amide bonds. The number of hydrogen-bond acceptors (Lipinski definition) is 6. The smallest absolute Gasteiger partial charge is 0.162 e. The van der Waals surface area contributed by atoms with Crippen molar-refractivity contribution in [3.05, 3.63) is 30.1 Å². The van der Waals surface area contributed by atoms with Gasteiger partial charge in [-0.05, 0) is 48.2 Å².